The lowest BCUT2D eigenvalue weighted by Crippen LogP contribution is -2.15. The van der Waals surface area contributed by atoms with E-state index in [0.29, 0.717) is 16.8 Å². The van der Waals surface area contributed by atoms with E-state index in [0.717, 1.165) is 0 Å². The van der Waals surface area contributed by atoms with Crippen molar-refractivity contribution in [2.24, 2.45) is 5.73 Å². The van der Waals surface area contributed by atoms with E-state index in [9.17, 15) is 9.18 Å². The van der Waals surface area contributed by atoms with E-state index < -0.39 is 5.91 Å². The quantitative estimate of drug-likeness (QED) is 0.855. The first kappa shape index (κ1) is 11.2. The molecule has 2 N–H and O–H groups in total. The van der Waals surface area contributed by atoms with Crippen LogP contribution in [0.3, 0.4) is 0 Å². The molecule has 1 aromatic heterocycles. The molecule has 2 aromatic rings. The number of rotatable bonds is 2. The zero-order valence-corrected chi connectivity index (χ0v) is 9.14. The van der Waals surface area contributed by atoms with Crippen LogP contribution in [0.15, 0.2) is 30.5 Å². The Morgan fingerprint density at radius 2 is 2.12 bits per heavy atom. The SMILES string of the molecule is Cc1cc(-c2ccnc(C(N)=O)n2)ccc1F. The Balaban J connectivity index is 2.49. The summed E-state index contributed by atoms with van der Waals surface area (Å²) < 4.78 is 13.1. The fourth-order valence-corrected chi connectivity index (χ4v) is 1.44. The second-order valence-electron chi connectivity index (χ2n) is 3.59. The number of hydrogen-bond donors (Lipinski definition) is 1. The lowest BCUT2D eigenvalue weighted by Gasteiger charge is -2.03. The van der Waals surface area contributed by atoms with Crippen LogP contribution in [0.2, 0.25) is 0 Å². The standard InChI is InChI=1S/C12H10FN3O/c1-7-6-8(2-3-9(7)13)10-4-5-15-12(16-10)11(14)17/h2-6H,1H3,(H2,14,17). The van der Waals surface area contributed by atoms with Crippen LogP contribution in [-0.4, -0.2) is 15.9 Å². The summed E-state index contributed by atoms with van der Waals surface area (Å²) in [7, 11) is 0. The Kier molecular flexibility index (Phi) is 2.82. The first-order valence-corrected chi connectivity index (χ1v) is 4.97. The van der Waals surface area contributed by atoms with Crippen LogP contribution < -0.4 is 5.73 Å². The van der Waals surface area contributed by atoms with E-state index in [1.165, 1.54) is 12.3 Å². The smallest absolute Gasteiger partial charge is 0.286 e. The number of amides is 1. The van der Waals surface area contributed by atoms with Crippen molar-refractivity contribution in [3.05, 3.63) is 47.7 Å². The molecule has 5 heteroatoms. The number of nitrogens with zero attached hydrogens (tertiary/aromatic N) is 2. The lowest BCUT2D eigenvalue weighted by molar-refractivity contribution is 0.0990. The van der Waals surface area contributed by atoms with E-state index in [4.69, 9.17) is 5.73 Å². The number of halogens is 1. The number of hydrogen-bond acceptors (Lipinski definition) is 3. The first-order chi connectivity index (χ1) is 8.08. The summed E-state index contributed by atoms with van der Waals surface area (Å²) in [5.41, 5.74) is 6.86. The molecule has 0 saturated carbocycles. The summed E-state index contributed by atoms with van der Waals surface area (Å²) in [6.45, 7) is 1.66. The number of benzene rings is 1. The van der Waals surface area contributed by atoms with Crippen LogP contribution in [0.5, 0.6) is 0 Å². The zero-order valence-electron chi connectivity index (χ0n) is 9.14. The minimum atomic E-state index is -0.689. The van der Waals surface area contributed by atoms with Gasteiger partial charge < -0.3 is 5.73 Å². The summed E-state index contributed by atoms with van der Waals surface area (Å²) in [5, 5.41) is 0. The van der Waals surface area contributed by atoms with Gasteiger partial charge in [0.2, 0.25) is 5.82 Å². The van der Waals surface area contributed by atoms with Gasteiger partial charge in [0.05, 0.1) is 5.69 Å². The molecule has 17 heavy (non-hydrogen) atoms. The number of nitrogens with two attached hydrogens (primary N) is 1. The molecule has 1 heterocycles. The molecule has 0 atom stereocenters. The van der Waals surface area contributed by atoms with Crippen molar-refractivity contribution in [1.29, 1.82) is 0 Å². The van der Waals surface area contributed by atoms with Crippen molar-refractivity contribution in [1.82, 2.24) is 9.97 Å². The molecule has 1 amide bonds. The molecule has 0 saturated heterocycles. The average Bonchev–Trinajstić information content (AvgIpc) is 2.33. The van der Waals surface area contributed by atoms with Crippen molar-refractivity contribution in [3.63, 3.8) is 0 Å². The van der Waals surface area contributed by atoms with Gasteiger partial charge in [-0.05, 0) is 36.8 Å². The highest BCUT2D eigenvalue weighted by molar-refractivity contribution is 5.89. The Bertz CT molecular complexity index is 584. The molecule has 86 valence electrons. The van der Waals surface area contributed by atoms with Gasteiger partial charge in [0.15, 0.2) is 0 Å². The molecular weight excluding hydrogens is 221 g/mol. The summed E-state index contributed by atoms with van der Waals surface area (Å²) in [6.07, 6.45) is 1.45. The maximum Gasteiger partial charge on any atom is 0.286 e. The number of carbonyl (C=O) groups is 1. The van der Waals surface area contributed by atoms with E-state index >= 15 is 0 Å². The van der Waals surface area contributed by atoms with Crippen molar-refractivity contribution in [3.8, 4) is 11.3 Å². The van der Waals surface area contributed by atoms with E-state index in [2.05, 4.69) is 9.97 Å². The Labute approximate surface area is 97.3 Å². The van der Waals surface area contributed by atoms with E-state index in [-0.39, 0.29) is 11.6 Å². The third-order valence-corrected chi connectivity index (χ3v) is 2.33. The molecule has 0 aliphatic heterocycles. The molecule has 0 aliphatic carbocycles. The van der Waals surface area contributed by atoms with Gasteiger partial charge in [-0.25, -0.2) is 14.4 Å². The largest absolute Gasteiger partial charge is 0.363 e. The zero-order chi connectivity index (χ0) is 12.4. The molecule has 0 spiro atoms. The van der Waals surface area contributed by atoms with Crippen LogP contribution >= 0.6 is 0 Å². The average molecular weight is 231 g/mol. The van der Waals surface area contributed by atoms with Crippen LogP contribution in [-0.2, 0) is 0 Å². The second kappa shape index (κ2) is 4.29. The number of carbonyl (C=O) groups excluding carboxylic acids is 1. The van der Waals surface area contributed by atoms with Crippen LogP contribution in [0.4, 0.5) is 4.39 Å². The van der Waals surface area contributed by atoms with Crippen LogP contribution in [0, 0.1) is 12.7 Å². The van der Waals surface area contributed by atoms with Gasteiger partial charge in [-0.1, -0.05) is 0 Å². The molecule has 1 aromatic carbocycles. The third kappa shape index (κ3) is 2.28. The van der Waals surface area contributed by atoms with Crippen LogP contribution in [0.1, 0.15) is 16.2 Å². The Hall–Kier alpha value is -2.30. The van der Waals surface area contributed by atoms with Crippen molar-refractivity contribution in [2.75, 3.05) is 0 Å². The minimum absolute atomic E-state index is 0.0514. The van der Waals surface area contributed by atoms with Gasteiger partial charge in [-0.2, -0.15) is 0 Å². The molecule has 0 fully saturated rings. The van der Waals surface area contributed by atoms with Gasteiger partial charge in [0.25, 0.3) is 5.91 Å². The monoisotopic (exact) mass is 231 g/mol. The molecule has 2 rings (SSSR count). The normalized spacial score (nSPS) is 10.2. The molecule has 0 bridgehead atoms. The summed E-state index contributed by atoms with van der Waals surface area (Å²) >= 11 is 0. The van der Waals surface area contributed by atoms with Crippen LogP contribution in [0.25, 0.3) is 11.3 Å². The summed E-state index contributed by atoms with van der Waals surface area (Å²) in [4.78, 5) is 18.7. The van der Waals surface area contributed by atoms with Crippen molar-refractivity contribution < 1.29 is 9.18 Å². The molecule has 4 nitrogen and oxygen atoms in total. The third-order valence-electron chi connectivity index (χ3n) is 2.33. The van der Waals surface area contributed by atoms with E-state index in [1.54, 1.807) is 25.1 Å². The highest BCUT2D eigenvalue weighted by Gasteiger charge is 2.07. The molecule has 0 unspecified atom stereocenters. The Morgan fingerprint density at radius 3 is 2.76 bits per heavy atom. The van der Waals surface area contributed by atoms with Gasteiger partial charge in [0, 0.05) is 11.8 Å². The van der Waals surface area contributed by atoms with Gasteiger partial charge >= 0.3 is 0 Å². The lowest BCUT2D eigenvalue weighted by atomic mass is 10.1. The van der Waals surface area contributed by atoms with E-state index in [1.807, 2.05) is 0 Å². The minimum Gasteiger partial charge on any atom is -0.363 e. The second-order valence-corrected chi connectivity index (χ2v) is 3.59. The fraction of sp³-hybridized carbons (Fsp3) is 0.0833. The predicted molar refractivity (Wildman–Crippen MR) is 60.7 cm³/mol. The highest BCUT2D eigenvalue weighted by Crippen LogP contribution is 2.19. The van der Waals surface area contributed by atoms with Gasteiger partial charge in [-0.15, -0.1) is 0 Å². The van der Waals surface area contributed by atoms with Gasteiger partial charge in [0.1, 0.15) is 5.82 Å². The van der Waals surface area contributed by atoms with Crippen molar-refractivity contribution >= 4 is 5.91 Å². The van der Waals surface area contributed by atoms with Gasteiger partial charge in [-0.3, -0.25) is 4.79 Å². The highest BCUT2D eigenvalue weighted by atomic mass is 19.1. The number of aromatic nitrogens is 2. The fourth-order valence-electron chi connectivity index (χ4n) is 1.44. The van der Waals surface area contributed by atoms with Crippen molar-refractivity contribution in [2.45, 2.75) is 6.92 Å². The predicted octanol–water partition coefficient (Wildman–Crippen LogP) is 1.69. The summed E-state index contributed by atoms with van der Waals surface area (Å²) in [5.74, 6) is -1.02. The topological polar surface area (TPSA) is 68.9 Å². The number of primary amides is 1. The Morgan fingerprint density at radius 1 is 1.35 bits per heavy atom. The molecule has 0 aliphatic rings. The molecule has 0 radical (unpaired) electrons. The maximum atomic E-state index is 13.1. The first-order valence-electron chi connectivity index (χ1n) is 4.97. The number of aryl methyl sites for hydroxylation is 1. The summed E-state index contributed by atoms with van der Waals surface area (Å²) in [6, 6.07) is 6.24. The molecular formula is C12H10FN3O. The maximum absolute atomic E-state index is 13.1.